The zero-order valence-corrected chi connectivity index (χ0v) is 10.1. The van der Waals surface area contributed by atoms with Crippen LogP contribution in [0.15, 0.2) is 24.3 Å². The minimum atomic E-state index is 0.00434. The molecule has 0 aromatic heterocycles. The van der Waals surface area contributed by atoms with Gasteiger partial charge in [0.25, 0.3) is 0 Å². The molecule has 16 heavy (non-hydrogen) atoms. The van der Waals surface area contributed by atoms with Crippen LogP contribution in [-0.4, -0.2) is 6.61 Å². The largest absolute Gasteiger partial charge is 0.494 e. The van der Waals surface area contributed by atoms with E-state index in [1.807, 2.05) is 31.2 Å². The fourth-order valence-electron chi connectivity index (χ4n) is 1.53. The number of hydrogen-bond acceptors (Lipinski definition) is 2. The van der Waals surface area contributed by atoms with E-state index in [0.717, 1.165) is 37.2 Å². The molecule has 0 N–H and O–H groups in total. The first-order chi connectivity index (χ1) is 7.81. The van der Waals surface area contributed by atoms with Crippen molar-refractivity contribution in [1.29, 1.82) is 5.26 Å². The molecule has 0 aliphatic rings. The zero-order chi connectivity index (χ0) is 11.8. The minimum Gasteiger partial charge on any atom is -0.494 e. The molecular weight excluding hydrogens is 198 g/mol. The van der Waals surface area contributed by atoms with Crippen molar-refractivity contribution in [2.24, 2.45) is 0 Å². The number of nitrogens with zero attached hydrogens (tertiary/aromatic N) is 1. The molecule has 0 radical (unpaired) electrons. The van der Waals surface area contributed by atoms with E-state index in [1.54, 1.807) is 0 Å². The lowest BCUT2D eigenvalue weighted by Crippen LogP contribution is -1.97. The standard InChI is InChI=1S/C14H19NO/c1-3-5-10-16-14-8-6-13(7-9-14)12(4-2)11-15/h6-9,12H,3-5,10H2,1-2H3. The van der Waals surface area contributed by atoms with Gasteiger partial charge in [-0.1, -0.05) is 32.4 Å². The highest BCUT2D eigenvalue weighted by Crippen LogP contribution is 2.21. The van der Waals surface area contributed by atoms with E-state index in [0.29, 0.717) is 0 Å². The summed E-state index contributed by atoms with van der Waals surface area (Å²) in [5, 5.41) is 8.94. The van der Waals surface area contributed by atoms with E-state index in [2.05, 4.69) is 13.0 Å². The van der Waals surface area contributed by atoms with E-state index in [-0.39, 0.29) is 5.92 Å². The predicted molar refractivity (Wildman–Crippen MR) is 65.5 cm³/mol. The van der Waals surface area contributed by atoms with E-state index < -0.39 is 0 Å². The van der Waals surface area contributed by atoms with Gasteiger partial charge in [-0.2, -0.15) is 5.26 Å². The Labute approximate surface area is 97.9 Å². The van der Waals surface area contributed by atoms with Crippen molar-refractivity contribution in [2.75, 3.05) is 6.61 Å². The summed E-state index contributed by atoms with van der Waals surface area (Å²) in [5.74, 6) is 0.898. The Hall–Kier alpha value is -1.49. The van der Waals surface area contributed by atoms with Crippen molar-refractivity contribution in [2.45, 2.75) is 39.0 Å². The van der Waals surface area contributed by atoms with Crippen LogP contribution >= 0.6 is 0 Å². The second-order valence-corrected chi connectivity index (χ2v) is 3.86. The van der Waals surface area contributed by atoms with E-state index in [9.17, 15) is 0 Å². The molecule has 2 nitrogen and oxygen atoms in total. The molecule has 86 valence electrons. The summed E-state index contributed by atoms with van der Waals surface area (Å²) >= 11 is 0. The Morgan fingerprint density at radius 2 is 1.94 bits per heavy atom. The highest BCUT2D eigenvalue weighted by atomic mass is 16.5. The SMILES string of the molecule is CCCCOc1ccc(C(C#N)CC)cc1. The molecule has 0 bridgehead atoms. The van der Waals surface area contributed by atoms with Gasteiger partial charge in [0.15, 0.2) is 0 Å². The molecule has 0 spiro atoms. The Morgan fingerprint density at radius 1 is 1.25 bits per heavy atom. The summed E-state index contributed by atoms with van der Waals surface area (Å²) in [6, 6.07) is 10.2. The average molecular weight is 217 g/mol. The third-order valence-electron chi connectivity index (χ3n) is 2.61. The Morgan fingerprint density at radius 3 is 2.44 bits per heavy atom. The number of unbranched alkanes of at least 4 members (excludes halogenated alkanes) is 1. The van der Waals surface area contributed by atoms with Gasteiger partial charge in [-0.15, -0.1) is 0 Å². The lowest BCUT2D eigenvalue weighted by Gasteiger charge is -2.08. The van der Waals surface area contributed by atoms with Crippen LogP contribution in [-0.2, 0) is 0 Å². The zero-order valence-electron chi connectivity index (χ0n) is 10.1. The molecule has 1 atom stereocenters. The van der Waals surface area contributed by atoms with Crippen molar-refractivity contribution in [1.82, 2.24) is 0 Å². The first-order valence-electron chi connectivity index (χ1n) is 5.94. The molecule has 2 heteroatoms. The van der Waals surface area contributed by atoms with Crippen LogP contribution in [0.1, 0.15) is 44.6 Å². The molecule has 0 amide bonds. The van der Waals surface area contributed by atoms with Crippen LogP contribution in [0.25, 0.3) is 0 Å². The molecule has 1 aromatic rings. The predicted octanol–water partition coefficient (Wildman–Crippen LogP) is 3.88. The van der Waals surface area contributed by atoms with Crippen LogP contribution in [0.3, 0.4) is 0 Å². The maximum absolute atomic E-state index is 8.94. The Kier molecular flexibility index (Phi) is 5.42. The molecule has 1 aromatic carbocycles. The highest BCUT2D eigenvalue weighted by Gasteiger charge is 2.07. The van der Waals surface area contributed by atoms with E-state index in [1.165, 1.54) is 0 Å². The van der Waals surface area contributed by atoms with Crippen molar-refractivity contribution < 1.29 is 4.74 Å². The van der Waals surface area contributed by atoms with Crippen molar-refractivity contribution in [3.05, 3.63) is 29.8 Å². The van der Waals surface area contributed by atoms with Gasteiger partial charge >= 0.3 is 0 Å². The topological polar surface area (TPSA) is 33.0 Å². The van der Waals surface area contributed by atoms with Crippen LogP contribution < -0.4 is 4.74 Å². The number of nitriles is 1. The van der Waals surface area contributed by atoms with Crippen LogP contribution in [0.5, 0.6) is 5.75 Å². The summed E-state index contributed by atoms with van der Waals surface area (Å²) in [7, 11) is 0. The first-order valence-corrected chi connectivity index (χ1v) is 5.94. The number of rotatable bonds is 6. The van der Waals surface area contributed by atoms with Crippen molar-refractivity contribution in [3.63, 3.8) is 0 Å². The number of ether oxygens (including phenoxy) is 1. The average Bonchev–Trinajstić information content (AvgIpc) is 2.33. The molecule has 0 fully saturated rings. The van der Waals surface area contributed by atoms with Gasteiger partial charge in [0.1, 0.15) is 5.75 Å². The third kappa shape index (κ3) is 3.58. The molecule has 0 aliphatic carbocycles. The molecular formula is C14H19NO. The minimum absolute atomic E-state index is 0.00434. The summed E-state index contributed by atoms with van der Waals surface area (Å²) in [5.41, 5.74) is 1.08. The quantitative estimate of drug-likeness (QED) is 0.677. The van der Waals surface area contributed by atoms with Gasteiger partial charge in [0, 0.05) is 0 Å². The van der Waals surface area contributed by atoms with Gasteiger partial charge in [-0.25, -0.2) is 0 Å². The third-order valence-corrected chi connectivity index (χ3v) is 2.61. The summed E-state index contributed by atoms with van der Waals surface area (Å²) in [4.78, 5) is 0. The van der Waals surface area contributed by atoms with Gasteiger partial charge in [0.05, 0.1) is 18.6 Å². The maximum atomic E-state index is 8.94. The van der Waals surface area contributed by atoms with E-state index >= 15 is 0 Å². The summed E-state index contributed by atoms with van der Waals surface area (Å²) < 4.78 is 5.57. The summed E-state index contributed by atoms with van der Waals surface area (Å²) in [6.07, 6.45) is 3.08. The van der Waals surface area contributed by atoms with Gasteiger partial charge in [-0.05, 0) is 30.5 Å². The van der Waals surface area contributed by atoms with Crippen LogP contribution in [0.4, 0.5) is 0 Å². The van der Waals surface area contributed by atoms with Crippen LogP contribution in [0.2, 0.25) is 0 Å². The van der Waals surface area contributed by atoms with Gasteiger partial charge in [-0.3, -0.25) is 0 Å². The van der Waals surface area contributed by atoms with Crippen LogP contribution in [0, 0.1) is 11.3 Å². The fraction of sp³-hybridized carbons (Fsp3) is 0.500. The van der Waals surface area contributed by atoms with Gasteiger partial charge in [0.2, 0.25) is 0 Å². The molecule has 0 saturated heterocycles. The second kappa shape index (κ2) is 6.90. The highest BCUT2D eigenvalue weighted by molar-refractivity contribution is 5.31. The monoisotopic (exact) mass is 217 g/mol. The Bertz CT molecular complexity index is 337. The lowest BCUT2D eigenvalue weighted by atomic mass is 9.98. The summed E-state index contributed by atoms with van der Waals surface area (Å²) in [6.45, 7) is 4.94. The van der Waals surface area contributed by atoms with Crippen molar-refractivity contribution >= 4 is 0 Å². The fourth-order valence-corrected chi connectivity index (χ4v) is 1.53. The van der Waals surface area contributed by atoms with E-state index in [4.69, 9.17) is 10.00 Å². The molecule has 0 heterocycles. The number of hydrogen-bond donors (Lipinski definition) is 0. The molecule has 0 saturated carbocycles. The van der Waals surface area contributed by atoms with Crippen molar-refractivity contribution in [3.8, 4) is 11.8 Å². The first kappa shape index (κ1) is 12.6. The lowest BCUT2D eigenvalue weighted by molar-refractivity contribution is 0.309. The van der Waals surface area contributed by atoms with Gasteiger partial charge < -0.3 is 4.74 Å². The molecule has 0 aliphatic heterocycles. The second-order valence-electron chi connectivity index (χ2n) is 3.86. The normalized spacial score (nSPS) is 11.8. The Balaban J connectivity index is 2.57. The maximum Gasteiger partial charge on any atom is 0.119 e. The smallest absolute Gasteiger partial charge is 0.119 e. The number of benzene rings is 1. The molecule has 1 unspecified atom stereocenters. The molecule has 1 rings (SSSR count).